The van der Waals surface area contributed by atoms with Crippen molar-refractivity contribution in [2.24, 2.45) is 5.92 Å². The van der Waals surface area contributed by atoms with Crippen LogP contribution in [-0.4, -0.2) is 37.1 Å². The van der Waals surface area contributed by atoms with Crippen LogP contribution in [0, 0.1) is 5.92 Å². The van der Waals surface area contributed by atoms with Gasteiger partial charge in [0.15, 0.2) is 0 Å². The number of rotatable bonds is 5. The Morgan fingerprint density at radius 3 is 2.19 bits per heavy atom. The van der Waals surface area contributed by atoms with Gasteiger partial charge in [-0.1, -0.05) is 34.6 Å². The van der Waals surface area contributed by atoms with Crippen LogP contribution in [0.25, 0.3) is 0 Å². The first-order chi connectivity index (χ1) is 7.72. The summed E-state index contributed by atoms with van der Waals surface area (Å²) in [5.74, 6) is 0.922. The third-order valence-electron chi connectivity index (χ3n) is 3.06. The van der Waals surface area contributed by atoms with Crippen molar-refractivity contribution in [3.8, 4) is 0 Å². The number of piperidine rings is 1. The summed E-state index contributed by atoms with van der Waals surface area (Å²) in [5.41, 5.74) is 0. The van der Waals surface area contributed by atoms with Crippen LogP contribution >= 0.6 is 0 Å². The largest absolute Gasteiger partial charge is 0.314 e. The summed E-state index contributed by atoms with van der Waals surface area (Å²) >= 11 is 0. The van der Waals surface area contributed by atoms with Crippen molar-refractivity contribution in [3.63, 3.8) is 0 Å². The van der Waals surface area contributed by atoms with Crippen LogP contribution in [0.15, 0.2) is 0 Å². The SMILES string of the molecule is CC.CCCN1CCC(CNC(C)C)CC1. The monoisotopic (exact) mass is 228 g/mol. The zero-order chi connectivity index (χ0) is 12.4. The average Bonchev–Trinajstić information content (AvgIpc) is 2.31. The molecule has 0 amide bonds. The molecule has 0 aromatic heterocycles. The highest BCUT2D eigenvalue weighted by molar-refractivity contribution is 4.74. The fraction of sp³-hybridized carbons (Fsp3) is 1.00. The molecule has 1 fully saturated rings. The third-order valence-corrected chi connectivity index (χ3v) is 3.06. The van der Waals surface area contributed by atoms with E-state index in [9.17, 15) is 0 Å². The molecule has 0 bridgehead atoms. The molecule has 1 aliphatic heterocycles. The zero-order valence-electron chi connectivity index (χ0n) is 12.1. The molecule has 0 radical (unpaired) electrons. The van der Waals surface area contributed by atoms with E-state index in [4.69, 9.17) is 0 Å². The zero-order valence-corrected chi connectivity index (χ0v) is 12.1. The number of hydrogen-bond acceptors (Lipinski definition) is 2. The van der Waals surface area contributed by atoms with Gasteiger partial charge in [0.1, 0.15) is 0 Å². The quantitative estimate of drug-likeness (QED) is 0.778. The molecule has 16 heavy (non-hydrogen) atoms. The second kappa shape index (κ2) is 10.1. The molecule has 1 heterocycles. The molecule has 0 spiro atoms. The minimum absolute atomic E-state index is 0.642. The maximum atomic E-state index is 3.54. The molecule has 2 heteroatoms. The van der Waals surface area contributed by atoms with Crippen LogP contribution < -0.4 is 5.32 Å². The number of likely N-dealkylation sites (tertiary alicyclic amines) is 1. The van der Waals surface area contributed by atoms with E-state index in [0.717, 1.165) is 5.92 Å². The maximum absolute atomic E-state index is 3.54. The van der Waals surface area contributed by atoms with Gasteiger partial charge in [0.25, 0.3) is 0 Å². The van der Waals surface area contributed by atoms with Gasteiger partial charge in [-0.15, -0.1) is 0 Å². The molecule has 0 unspecified atom stereocenters. The van der Waals surface area contributed by atoms with Gasteiger partial charge in [0.2, 0.25) is 0 Å². The van der Waals surface area contributed by atoms with Crippen molar-refractivity contribution < 1.29 is 0 Å². The van der Waals surface area contributed by atoms with Gasteiger partial charge in [-0.05, 0) is 51.4 Å². The molecular weight excluding hydrogens is 196 g/mol. The predicted octanol–water partition coefficient (Wildman–Crippen LogP) is 3.13. The molecular formula is C14H32N2. The fourth-order valence-electron chi connectivity index (χ4n) is 2.13. The Hall–Kier alpha value is -0.0800. The van der Waals surface area contributed by atoms with Crippen LogP contribution in [-0.2, 0) is 0 Å². The first-order valence-electron chi connectivity index (χ1n) is 7.18. The smallest absolute Gasteiger partial charge is 0.00104 e. The molecule has 0 aromatic carbocycles. The van der Waals surface area contributed by atoms with Gasteiger partial charge in [-0.25, -0.2) is 0 Å². The van der Waals surface area contributed by atoms with E-state index in [0.29, 0.717) is 6.04 Å². The Morgan fingerprint density at radius 2 is 1.75 bits per heavy atom. The van der Waals surface area contributed by atoms with E-state index in [2.05, 4.69) is 31.0 Å². The topological polar surface area (TPSA) is 15.3 Å². The molecule has 0 aliphatic carbocycles. The predicted molar refractivity (Wildman–Crippen MR) is 73.9 cm³/mol. The minimum atomic E-state index is 0.642. The highest BCUT2D eigenvalue weighted by Crippen LogP contribution is 2.16. The summed E-state index contributed by atoms with van der Waals surface area (Å²) in [6.45, 7) is 15.9. The summed E-state index contributed by atoms with van der Waals surface area (Å²) in [5, 5.41) is 3.54. The van der Waals surface area contributed by atoms with Gasteiger partial charge < -0.3 is 10.2 Å². The Balaban J connectivity index is 0.00000106. The fourth-order valence-corrected chi connectivity index (χ4v) is 2.13. The molecule has 98 valence electrons. The summed E-state index contributed by atoms with van der Waals surface area (Å²) < 4.78 is 0. The van der Waals surface area contributed by atoms with Gasteiger partial charge in [0, 0.05) is 6.04 Å². The summed E-state index contributed by atoms with van der Waals surface area (Å²) in [4.78, 5) is 2.60. The molecule has 1 rings (SSSR count). The molecule has 0 saturated carbocycles. The van der Waals surface area contributed by atoms with E-state index in [1.54, 1.807) is 0 Å². The Morgan fingerprint density at radius 1 is 1.19 bits per heavy atom. The molecule has 1 aliphatic rings. The lowest BCUT2D eigenvalue weighted by atomic mass is 9.96. The first kappa shape index (κ1) is 15.9. The second-order valence-corrected chi connectivity index (χ2v) is 4.85. The molecule has 1 saturated heterocycles. The van der Waals surface area contributed by atoms with E-state index in [1.165, 1.54) is 45.4 Å². The van der Waals surface area contributed by atoms with Crippen molar-refractivity contribution in [1.29, 1.82) is 0 Å². The van der Waals surface area contributed by atoms with Crippen molar-refractivity contribution in [1.82, 2.24) is 10.2 Å². The number of nitrogens with one attached hydrogen (secondary N) is 1. The summed E-state index contributed by atoms with van der Waals surface area (Å²) in [6.07, 6.45) is 4.08. The number of nitrogens with zero attached hydrogens (tertiary/aromatic N) is 1. The van der Waals surface area contributed by atoms with Gasteiger partial charge in [-0.2, -0.15) is 0 Å². The van der Waals surface area contributed by atoms with Crippen molar-refractivity contribution in [3.05, 3.63) is 0 Å². The van der Waals surface area contributed by atoms with Crippen molar-refractivity contribution >= 4 is 0 Å². The molecule has 2 nitrogen and oxygen atoms in total. The van der Waals surface area contributed by atoms with Crippen LogP contribution in [0.4, 0.5) is 0 Å². The van der Waals surface area contributed by atoms with Gasteiger partial charge in [-0.3, -0.25) is 0 Å². The van der Waals surface area contributed by atoms with Crippen LogP contribution in [0.1, 0.15) is 53.9 Å². The Labute approximate surface area is 103 Å². The van der Waals surface area contributed by atoms with Crippen LogP contribution in [0.3, 0.4) is 0 Å². The van der Waals surface area contributed by atoms with E-state index >= 15 is 0 Å². The first-order valence-corrected chi connectivity index (χ1v) is 7.18. The number of hydrogen-bond donors (Lipinski definition) is 1. The van der Waals surface area contributed by atoms with Crippen molar-refractivity contribution in [2.45, 2.75) is 59.9 Å². The van der Waals surface area contributed by atoms with Gasteiger partial charge >= 0.3 is 0 Å². The molecule has 0 aromatic rings. The summed E-state index contributed by atoms with van der Waals surface area (Å²) in [7, 11) is 0. The van der Waals surface area contributed by atoms with Gasteiger partial charge in [0.05, 0.1) is 0 Å². The van der Waals surface area contributed by atoms with E-state index in [-0.39, 0.29) is 0 Å². The lowest BCUT2D eigenvalue weighted by molar-refractivity contribution is 0.181. The molecule has 1 N–H and O–H groups in total. The maximum Gasteiger partial charge on any atom is 0.00104 e. The van der Waals surface area contributed by atoms with E-state index < -0.39 is 0 Å². The second-order valence-electron chi connectivity index (χ2n) is 4.85. The lowest BCUT2D eigenvalue weighted by Crippen LogP contribution is -2.38. The van der Waals surface area contributed by atoms with Crippen LogP contribution in [0.5, 0.6) is 0 Å². The minimum Gasteiger partial charge on any atom is -0.314 e. The van der Waals surface area contributed by atoms with Crippen LogP contribution in [0.2, 0.25) is 0 Å². The summed E-state index contributed by atoms with van der Waals surface area (Å²) in [6, 6.07) is 0.642. The normalized spacial score (nSPS) is 18.4. The standard InChI is InChI=1S/C12H26N2.C2H6/c1-4-7-14-8-5-12(6-9-14)10-13-11(2)3;1-2/h11-13H,4-10H2,1-3H3;1-2H3. The lowest BCUT2D eigenvalue weighted by Gasteiger charge is -2.32. The third kappa shape index (κ3) is 7.24. The van der Waals surface area contributed by atoms with Crippen molar-refractivity contribution in [2.75, 3.05) is 26.2 Å². The Kier molecular flexibility index (Phi) is 10.0. The highest BCUT2D eigenvalue weighted by Gasteiger charge is 2.17. The average molecular weight is 228 g/mol. The highest BCUT2D eigenvalue weighted by atomic mass is 15.1. The Bertz CT molecular complexity index is 138. The van der Waals surface area contributed by atoms with E-state index in [1.807, 2.05) is 13.8 Å². The molecule has 0 atom stereocenters.